The normalized spacial score (nSPS) is 13.2. The van der Waals surface area contributed by atoms with E-state index in [1.54, 1.807) is 30.3 Å². The summed E-state index contributed by atoms with van der Waals surface area (Å²) in [4.78, 5) is 16.1. The molecule has 0 fully saturated rings. The lowest BCUT2D eigenvalue weighted by Gasteiger charge is -2.22. The Labute approximate surface area is 140 Å². The summed E-state index contributed by atoms with van der Waals surface area (Å²) in [5, 5.41) is -0.0512. The quantitative estimate of drug-likeness (QED) is 0.671. The average molecular weight is 353 g/mol. The molecule has 3 rings (SSSR count). The highest BCUT2D eigenvalue weighted by molar-refractivity contribution is 6.31. The number of hydrogen-bond donors (Lipinski definition) is 0. The molecular weight excluding hydrogens is 341 g/mol. The van der Waals surface area contributed by atoms with Gasteiger partial charge in [0.15, 0.2) is 0 Å². The van der Waals surface area contributed by atoms with Gasteiger partial charge in [-0.15, -0.1) is 0 Å². The van der Waals surface area contributed by atoms with Crippen molar-refractivity contribution in [1.82, 2.24) is 9.55 Å². The third-order valence-corrected chi connectivity index (χ3v) is 4.05. The van der Waals surface area contributed by atoms with Gasteiger partial charge in [-0.1, -0.05) is 41.9 Å². The molecule has 0 saturated heterocycles. The Kier molecular flexibility index (Phi) is 4.09. The smallest absolute Gasteiger partial charge is 0.280 e. The Morgan fingerprint density at radius 3 is 2.42 bits per heavy atom. The van der Waals surface area contributed by atoms with Crippen LogP contribution in [-0.2, 0) is 6.18 Å². The fourth-order valence-electron chi connectivity index (χ4n) is 2.71. The summed E-state index contributed by atoms with van der Waals surface area (Å²) < 4.78 is 41.9. The molecule has 7 heteroatoms. The summed E-state index contributed by atoms with van der Waals surface area (Å²) in [6.45, 7) is 1.53. The van der Waals surface area contributed by atoms with Crippen molar-refractivity contribution in [2.75, 3.05) is 0 Å². The molecule has 3 aromatic rings. The molecule has 0 unspecified atom stereocenters. The first-order chi connectivity index (χ1) is 11.3. The molecule has 0 bridgehead atoms. The number of nitrogens with zero attached hydrogens (tertiary/aromatic N) is 2. The van der Waals surface area contributed by atoms with Gasteiger partial charge >= 0.3 is 11.9 Å². The van der Waals surface area contributed by atoms with Crippen molar-refractivity contribution in [2.45, 2.75) is 19.1 Å². The van der Waals surface area contributed by atoms with E-state index in [0.717, 1.165) is 0 Å². The molecule has 0 saturated carbocycles. The van der Waals surface area contributed by atoms with Gasteiger partial charge in [0.05, 0.1) is 11.6 Å². The summed E-state index contributed by atoms with van der Waals surface area (Å²) in [7, 11) is 0. The van der Waals surface area contributed by atoms with Crippen LogP contribution >= 0.6 is 11.6 Å². The predicted octanol–water partition coefficient (Wildman–Crippen LogP) is 4.68. The molecule has 0 amide bonds. The van der Waals surface area contributed by atoms with Gasteiger partial charge in [-0.05, 0) is 30.7 Å². The first kappa shape index (κ1) is 16.5. The summed E-state index contributed by atoms with van der Waals surface area (Å²) >= 11 is 5.85. The molecule has 1 atom stereocenters. The molecule has 1 heterocycles. The highest BCUT2D eigenvalue weighted by Crippen LogP contribution is 2.36. The van der Waals surface area contributed by atoms with Crippen molar-refractivity contribution >= 4 is 22.5 Å². The number of hydrogen-bond acceptors (Lipinski definition) is 2. The Morgan fingerprint density at radius 1 is 1.12 bits per heavy atom. The lowest BCUT2D eigenvalue weighted by Crippen LogP contribution is -2.33. The molecule has 0 aliphatic carbocycles. The van der Waals surface area contributed by atoms with Crippen molar-refractivity contribution in [2.24, 2.45) is 0 Å². The molecule has 2 aromatic carbocycles. The summed E-state index contributed by atoms with van der Waals surface area (Å²) in [5.74, 6) is 0. The van der Waals surface area contributed by atoms with Crippen molar-refractivity contribution in [3.05, 3.63) is 75.3 Å². The Balaban J connectivity index is 2.39. The number of aromatic nitrogens is 2. The lowest BCUT2D eigenvalue weighted by molar-refractivity contribution is -0.143. The lowest BCUT2D eigenvalue weighted by atomic mass is 10.1. The van der Waals surface area contributed by atoms with Crippen LogP contribution in [0.4, 0.5) is 13.2 Å². The van der Waals surface area contributed by atoms with Crippen molar-refractivity contribution in [3.63, 3.8) is 0 Å². The van der Waals surface area contributed by atoms with E-state index in [1.165, 1.54) is 25.1 Å². The summed E-state index contributed by atoms with van der Waals surface area (Å²) in [6.07, 6.45) is -4.73. The van der Waals surface area contributed by atoms with Gasteiger partial charge in [0, 0.05) is 10.4 Å². The SMILES string of the molecule is C[C@H](c1ccccc1)n1c(C(F)(F)F)c2cc(Cl)ccc2nc1=O. The van der Waals surface area contributed by atoms with Crippen LogP contribution in [0.25, 0.3) is 10.9 Å². The van der Waals surface area contributed by atoms with E-state index in [1.807, 2.05) is 0 Å². The van der Waals surface area contributed by atoms with Crippen LogP contribution in [0.1, 0.15) is 24.2 Å². The van der Waals surface area contributed by atoms with E-state index < -0.39 is 23.6 Å². The summed E-state index contributed by atoms with van der Waals surface area (Å²) in [6, 6.07) is 11.6. The largest absolute Gasteiger partial charge is 0.432 e. The first-order valence-electron chi connectivity index (χ1n) is 7.13. The fraction of sp³-hybridized carbons (Fsp3) is 0.176. The average Bonchev–Trinajstić information content (AvgIpc) is 2.53. The van der Waals surface area contributed by atoms with Gasteiger partial charge in [0.2, 0.25) is 0 Å². The molecular formula is C17H12ClF3N2O. The van der Waals surface area contributed by atoms with Crippen LogP contribution in [0, 0.1) is 0 Å². The van der Waals surface area contributed by atoms with Crippen LogP contribution in [-0.4, -0.2) is 9.55 Å². The zero-order valence-corrected chi connectivity index (χ0v) is 13.3. The van der Waals surface area contributed by atoms with Crippen molar-refractivity contribution < 1.29 is 13.2 Å². The molecule has 24 heavy (non-hydrogen) atoms. The highest BCUT2D eigenvalue weighted by atomic mass is 35.5. The molecule has 1 aromatic heterocycles. The van der Waals surface area contributed by atoms with E-state index >= 15 is 0 Å². The van der Waals surface area contributed by atoms with Gasteiger partial charge in [-0.2, -0.15) is 18.2 Å². The second-order valence-electron chi connectivity index (χ2n) is 5.36. The number of fused-ring (bicyclic) bond motifs is 1. The van der Waals surface area contributed by atoms with Gasteiger partial charge in [-0.3, -0.25) is 4.57 Å². The maximum absolute atomic E-state index is 13.7. The maximum atomic E-state index is 13.7. The molecule has 0 spiro atoms. The summed E-state index contributed by atoms with van der Waals surface area (Å²) in [5.41, 5.74) is -1.45. The number of rotatable bonds is 2. The van der Waals surface area contributed by atoms with Crippen LogP contribution in [0.3, 0.4) is 0 Å². The van der Waals surface area contributed by atoms with Gasteiger partial charge < -0.3 is 0 Å². The number of alkyl halides is 3. The van der Waals surface area contributed by atoms with Crippen LogP contribution in [0.2, 0.25) is 5.02 Å². The molecule has 124 valence electrons. The molecule has 3 nitrogen and oxygen atoms in total. The monoisotopic (exact) mass is 352 g/mol. The van der Waals surface area contributed by atoms with E-state index in [4.69, 9.17) is 11.6 Å². The van der Waals surface area contributed by atoms with Gasteiger partial charge in [0.1, 0.15) is 5.69 Å². The first-order valence-corrected chi connectivity index (χ1v) is 7.51. The third kappa shape index (κ3) is 2.89. The number of halogens is 4. The minimum atomic E-state index is -4.73. The van der Waals surface area contributed by atoms with E-state index in [2.05, 4.69) is 4.98 Å². The molecule has 0 radical (unpaired) electrons. The van der Waals surface area contributed by atoms with E-state index in [-0.39, 0.29) is 15.9 Å². The fourth-order valence-corrected chi connectivity index (χ4v) is 2.88. The Hall–Kier alpha value is -2.34. The van der Waals surface area contributed by atoms with Gasteiger partial charge in [0.25, 0.3) is 0 Å². The maximum Gasteiger partial charge on any atom is 0.432 e. The highest BCUT2D eigenvalue weighted by Gasteiger charge is 2.38. The predicted molar refractivity (Wildman–Crippen MR) is 86.3 cm³/mol. The van der Waals surface area contributed by atoms with Crippen LogP contribution < -0.4 is 5.69 Å². The zero-order chi connectivity index (χ0) is 17.5. The molecule has 0 aliphatic rings. The second-order valence-corrected chi connectivity index (χ2v) is 5.80. The number of benzene rings is 2. The standard InChI is InChI=1S/C17H12ClF3N2O/c1-10(11-5-3-2-4-6-11)23-15(17(19,20)21)13-9-12(18)7-8-14(13)22-16(23)24/h2-10H,1H3/t10-/m1/s1. The van der Waals surface area contributed by atoms with Crippen LogP contribution in [0.5, 0.6) is 0 Å². The minimum absolute atomic E-state index is 0.0340. The van der Waals surface area contributed by atoms with Crippen molar-refractivity contribution in [1.29, 1.82) is 0 Å². The molecule has 0 aliphatic heterocycles. The topological polar surface area (TPSA) is 34.9 Å². The Bertz CT molecular complexity index is 952. The van der Waals surface area contributed by atoms with Crippen molar-refractivity contribution in [3.8, 4) is 0 Å². The third-order valence-electron chi connectivity index (χ3n) is 3.81. The zero-order valence-electron chi connectivity index (χ0n) is 12.5. The van der Waals surface area contributed by atoms with Gasteiger partial charge in [-0.25, -0.2) is 4.79 Å². The molecule has 0 N–H and O–H groups in total. The van der Waals surface area contributed by atoms with Crippen LogP contribution in [0.15, 0.2) is 53.3 Å². The van der Waals surface area contributed by atoms with E-state index in [9.17, 15) is 18.0 Å². The Morgan fingerprint density at radius 2 is 1.79 bits per heavy atom. The van der Waals surface area contributed by atoms with E-state index in [0.29, 0.717) is 10.1 Å². The minimum Gasteiger partial charge on any atom is -0.280 e. The second kappa shape index (κ2) is 5.94.